The lowest BCUT2D eigenvalue weighted by Gasteiger charge is -2.21. The Morgan fingerprint density at radius 2 is 2.00 bits per heavy atom. The predicted molar refractivity (Wildman–Crippen MR) is 141 cm³/mol. The van der Waals surface area contributed by atoms with Gasteiger partial charge in [-0.2, -0.15) is 5.10 Å². The van der Waals surface area contributed by atoms with Crippen molar-refractivity contribution in [3.8, 4) is 17.0 Å². The number of methoxy groups -OCH3 is 1. The van der Waals surface area contributed by atoms with Gasteiger partial charge in [-0.25, -0.2) is 13.4 Å². The van der Waals surface area contributed by atoms with E-state index in [1.165, 1.54) is 13.3 Å². The molecule has 1 fully saturated rings. The first kappa shape index (κ1) is 26.1. The van der Waals surface area contributed by atoms with Gasteiger partial charge in [0.1, 0.15) is 5.69 Å². The SMILES string of the molecule is COc1ncc(-c2cc(N)c(C=N)c(NC(=O)c3ccn(CC4CCOCC4)n3)c2)cc1NS(C)(=O)=O. The summed E-state index contributed by atoms with van der Waals surface area (Å²) < 4.78 is 38.2. The number of hydrogen-bond acceptors (Lipinski definition) is 9. The number of hydrogen-bond donors (Lipinski definition) is 4. The third kappa shape index (κ3) is 6.43. The maximum Gasteiger partial charge on any atom is 0.276 e. The number of rotatable bonds is 9. The van der Waals surface area contributed by atoms with Crippen LogP contribution in [0.3, 0.4) is 0 Å². The molecule has 1 aromatic carbocycles. The van der Waals surface area contributed by atoms with Gasteiger partial charge in [0.15, 0.2) is 5.69 Å². The lowest BCUT2D eigenvalue weighted by Crippen LogP contribution is -2.21. The molecule has 0 atom stereocenters. The van der Waals surface area contributed by atoms with Gasteiger partial charge in [0, 0.05) is 55.2 Å². The monoisotopic (exact) mass is 527 g/mol. The van der Waals surface area contributed by atoms with E-state index in [2.05, 4.69) is 20.1 Å². The van der Waals surface area contributed by atoms with E-state index < -0.39 is 15.9 Å². The molecule has 1 saturated heterocycles. The van der Waals surface area contributed by atoms with Crippen LogP contribution in [0.15, 0.2) is 36.7 Å². The van der Waals surface area contributed by atoms with E-state index in [1.807, 2.05) is 0 Å². The molecule has 13 heteroatoms. The zero-order chi connectivity index (χ0) is 26.6. The van der Waals surface area contributed by atoms with Gasteiger partial charge in [-0.1, -0.05) is 0 Å². The summed E-state index contributed by atoms with van der Waals surface area (Å²) in [6.07, 6.45) is 7.26. The standard InChI is InChI=1S/C24H29N7O5S/c1-35-24-22(30-37(2,33)34)11-17(13-27-24)16-9-19(26)18(12-25)21(10-16)28-23(32)20-3-6-31(29-20)14-15-4-7-36-8-5-15/h3,6,9-13,15,25,30H,4-5,7-8,14,26H2,1-2H3,(H,28,32). The number of nitrogens with zero attached hydrogens (tertiary/aromatic N) is 3. The van der Waals surface area contributed by atoms with Crippen molar-refractivity contribution in [2.24, 2.45) is 5.92 Å². The molecule has 0 radical (unpaired) electrons. The van der Waals surface area contributed by atoms with Crippen LogP contribution in [0.5, 0.6) is 5.88 Å². The van der Waals surface area contributed by atoms with Gasteiger partial charge in [-0.15, -0.1) is 0 Å². The van der Waals surface area contributed by atoms with Gasteiger partial charge < -0.3 is 25.9 Å². The highest BCUT2D eigenvalue weighted by Crippen LogP contribution is 2.33. The second kappa shape index (κ2) is 11.0. The predicted octanol–water partition coefficient (Wildman–Crippen LogP) is 2.58. The van der Waals surface area contributed by atoms with Crippen LogP contribution < -0.4 is 20.5 Å². The minimum absolute atomic E-state index is 0.100. The summed E-state index contributed by atoms with van der Waals surface area (Å²) in [6.45, 7) is 2.18. The average molecular weight is 528 g/mol. The smallest absolute Gasteiger partial charge is 0.276 e. The highest BCUT2D eigenvalue weighted by atomic mass is 32.2. The van der Waals surface area contributed by atoms with E-state index in [0.29, 0.717) is 34.8 Å². The minimum atomic E-state index is -3.59. The molecule has 196 valence electrons. The van der Waals surface area contributed by atoms with Crippen molar-refractivity contribution in [1.29, 1.82) is 5.41 Å². The zero-order valence-electron chi connectivity index (χ0n) is 20.5. The van der Waals surface area contributed by atoms with Crippen LogP contribution in [-0.4, -0.2) is 61.9 Å². The van der Waals surface area contributed by atoms with Gasteiger partial charge in [-0.05, 0) is 48.6 Å². The molecule has 5 N–H and O–H groups in total. The molecule has 0 unspecified atom stereocenters. The van der Waals surface area contributed by atoms with Gasteiger partial charge in [0.2, 0.25) is 15.9 Å². The number of ether oxygens (including phenoxy) is 2. The van der Waals surface area contributed by atoms with Gasteiger partial charge >= 0.3 is 0 Å². The number of pyridine rings is 1. The fourth-order valence-electron chi connectivity index (χ4n) is 4.12. The van der Waals surface area contributed by atoms with E-state index in [0.717, 1.165) is 38.5 Å². The molecule has 37 heavy (non-hydrogen) atoms. The summed E-state index contributed by atoms with van der Waals surface area (Å²) in [4.78, 5) is 17.2. The lowest BCUT2D eigenvalue weighted by atomic mass is 10.0. The largest absolute Gasteiger partial charge is 0.480 e. The van der Waals surface area contributed by atoms with Crippen LogP contribution in [0.1, 0.15) is 28.9 Å². The van der Waals surface area contributed by atoms with Crippen LogP contribution in [0.4, 0.5) is 17.1 Å². The number of benzene rings is 1. The highest BCUT2D eigenvalue weighted by molar-refractivity contribution is 7.92. The van der Waals surface area contributed by atoms with Crippen molar-refractivity contribution in [2.75, 3.05) is 42.4 Å². The van der Waals surface area contributed by atoms with Crippen LogP contribution >= 0.6 is 0 Å². The van der Waals surface area contributed by atoms with Crippen molar-refractivity contribution in [1.82, 2.24) is 14.8 Å². The molecule has 0 spiro atoms. The van der Waals surface area contributed by atoms with E-state index >= 15 is 0 Å². The molecule has 4 rings (SSSR count). The Labute approximate surface area is 214 Å². The van der Waals surface area contributed by atoms with E-state index in [-0.39, 0.29) is 22.9 Å². The number of nitrogen functional groups attached to an aromatic ring is 1. The molecule has 0 aliphatic carbocycles. The van der Waals surface area contributed by atoms with Crippen LogP contribution in [0, 0.1) is 11.3 Å². The minimum Gasteiger partial charge on any atom is -0.480 e. The lowest BCUT2D eigenvalue weighted by molar-refractivity contribution is 0.0601. The maximum atomic E-state index is 13.0. The number of carbonyl (C=O) groups is 1. The molecule has 3 heterocycles. The number of carbonyl (C=O) groups excluding carboxylic acids is 1. The van der Waals surface area contributed by atoms with Crippen molar-refractivity contribution in [2.45, 2.75) is 19.4 Å². The summed E-state index contributed by atoms with van der Waals surface area (Å²) in [5, 5.41) is 15.0. The topological polar surface area (TPSA) is 174 Å². The Hall–Kier alpha value is -3.97. The van der Waals surface area contributed by atoms with Crippen LogP contribution in [-0.2, 0) is 21.3 Å². The first-order valence-corrected chi connectivity index (χ1v) is 13.4. The Morgan fingerprint density at radius 3 is 2.68 bits per heavy atom. The molecular weight excluding hydrogens is 498 g/mol. The number of anilines is 3. The number of sulfonamides is 1. The van der Waals surface area contributed by atoms with Crippen molar-refractivity contribution >= 4 is 39.2 Å². The average Bonchev–Trinajstić information content (AvgIpc) is 3.32. The summed E-state index contributed by atoms with van der Waals surface area (Å²) in [6, 6.07) is 6.45. The third-order valence-corrected chi connectivity index (χ3v) is 6.53. The molecule has 1 amide bonds. The zero-order valence-corrected chi connectivity index (χ0v) is 21.3. The fraction of sp³-hybridized carbons (Fsp3) is 0.333. The summed E-state index contributed by atoms with van der Waals surface area (Å²) in [7, 11) is -2.21. The van der Waals surface area contributed by atoms with Gasteiger partial charge in [-0.3, -0.25) is 14.2 Å². The Bertz CT molecular complexity index is 1410. The molecule has 0 saturated carbocycles. The van der Waals surface area contributed by atoms with Gasteiger partial charge in [0.05, 0.1) is 19.1 Å². The number of nitrogens with one attached hydrogen (secondary N) is 3. The second-order valence-corrected chi connectivity index (χ2v) is 10.5. The Kier molecular flexibility index (Phi) is 7.74. The molecule has 1 aliphatic rings. The van der Waals surface area contributed by atoms with Crippen molar-refractivity contribution in [3.63, 3.8) is 0 Å². The summed E-state index contributed by atoms with van der Waals surface area (Å²) >= 11 is 0. The number of aromatic nitrogens is 3. The van der Waals surface area contributed by atoms with Gasteiger partial charge in [0.25, 0.3) is 5.91 Å². The molecule has 1 aliphatic heterocycles. The molecule has 12 nitrogen and oxygen atoms in total. The third-order valence-electron chi connectivity index (χ3n) is 5.94. The second-order valence-electron chi connectivity index (χ2n) is 8.76. The first-order valence-electron chi connectivity index (χ1n) is 11.6. The van der Waals surface area contributed by atoms with Crippen molar-refractivity contribution in [3.05, 3.63) is 47.9 Å². The first-order chi connectivity index (χ1) is 17.7. The Balaban J connectivity index is 1.60. The normalized spacial score (nSPS) is 14.2. The van der Waals surface area contributed by atoms with Crippen LogP contribution in [0.2, 0.25) is 0 Å². The van der Waals surface area contributed by atoms with E-state index in [4.69, 9.17) is 20.6 Å². The molecular formula is C24H29N7O5S. The van der Waals surface area contributed by atoms with E-state index in [1.54, 1.807) is 35.1 Å². The maximum absolute atomic E-state index is 13.0. The number of amides is 1. The van der Waals surface area contributed by atoms with E-state index in [9.17, 15) is 13.2 Å². The highest BCUT2D eigenvalue weighted by Gasteiger charge is 2.19. The molecule has 3 aromatic rings. The Morgan fingerprint density at radius 1 is 1.27 bits per heavy atom. The fourth-order valence-corrected chi connectivity index (χ4v) is 4.66. The van der Waals surface area contributed by atoms with Crippen LogP contribution in [0.25, 0.3) is 11.1 Å². The quantitative estimate of drug-likeness (QED) is 0.243. The number of nitrogens with two attached hydrogens (primary N) is 1. The molecule has 2 aromatic heterocycles. The summed E-state index contributed by atoms with van der Waals surface area (Å²) in [5.41, 5.74) is 8.54. The summed E-state index contributed by atoms with van der Waals surface area (Å²) in [5.74, 6) is 0.103. The van der Waals surface area contributed by atoms with Crippen molar-refractivity contribution < 1.29 is 22.7 Å². The molecule has 0 bridgehead atoms.